The van der Waals surface area contributed by atoms with Crippen LogP contribution in [0.3, 0.4) is 0 Å². The number of aliphatic hydroxyl groups excluding tert-OH is 1. The zero-order chi connectivity index (χ0) is 21.2. The molecule has 1 saturated heterocycles. The lowest BCUT2D eigenvalue weighted by atomic mass is 10.2. The van der Waals surface area contributed by atoms with Crippen LogP contribution in [-0.2, 0) is 13.1 Å². The van der Waals surface area contributed by atoms with Crippen LogP contribution in [0.15, 0.2) is 36.8 Å². The number of thiazole rings is 1. The standard InChI is InChI=1S/C22H25N7OS/c1-15-4-5-20(25-18(15)14-28-6-2-3-7-28)27-21-10-17-19(12-23-21)31-22(26-17)16-11-24-29(13-16)8-9-30/h4-5,10-13,30H,2-3,6-9,14H2,1H3,(H,23,25,27). The largest absolute Gasteiger partial charge is 0.394 e. The Kier molecular flexibility index (Phi) is 5.63. The van der Waals surface area contributed by atoms with Crippen molar-refractivity contribution < 1.29 is 5.11 Å². The fourth-order valence-corrected chi connectivity index (χ4v) is 4.70. The van der Waals surface area contributed by atoms with Crippen molar-refractivity contribution in [2.45, 2.75) is 32.9 Å². The molecule has 0 unspecified atom stereocenters. The molecule has 4 aromatic rings. The minimum Gasteiger partial charge on any atom is -0.394 e. The number of fused-ring (bicyclic) bond motifs is 1. The van der Waals surface area contributed by atoms with Crippen LogP contribution < -0.4 is 5.32 Å². The van der Waals surface area contributed by atoms with Crippen molar-refractivity contribution >= 4 is 33.2 Å². The average molecular weight is 436 g/mol. The molecule has 0 aromatic carbocycles. The second-order valence-corrected chi connectivity index (χ2v) is 8.87. The number of nitrogens with zero attached hydrogens (tertiary/aromatic N) is 6. The van der Waals surface area contributed by atoms with Crippen molar-refractivity contribution in [2.24, 2.45) is 0 Å². The van der Waals surface area contributed by atoms with Gasteiger partial charge in [-0.3, -0.25) is 9.58 Å². The van der Waals surface area contributed by atoms with Crippen LogP contribution in [0.4, 0.5) is 11.6 Å². The van der Waals surface area contributed by atoms with E-state index in [1.54, 1.807) is 22.2 Å². The van der Waals surface area contributed by atoms with Crippen molar-refractivity contribution in [2.75, 3.05) is 25.0 Å². The molecule has 2 N–H and O–H groups in total. The first-order valence-electron chi connectivity index (χ1n) is 10.5. The quantitative estimate of drug-likeness (QED) is 0.458. The monoisotopic (exact) mass is 435 g/mol. The molecule has 1 aliphatic heterocycles. The molecule has 0 radical (unpaired) electrons. The van der Waals surface area contributed by atoms with E-state index in [0.717, 1.165) is 57.8 Å². The van der Waals surface area contributed by atoms with E-state index in [9.17, 15) is 0 Å². The summed E-state index contributed by atoms with van der Waals surface area (Å²) in [6, 6.07) is 6.07. The SMILES string of the molecule is Cc1ccc(Nc2cc3nc(-c4cnn(CCO)c4)sc3cn2)nc1CN1CCCC1. The van der Waals surface area contributed by atoms with Gasteiger partial charge in [-0.15, -0.1) is 11.3 Å². The summed E-state index contributed by atoms with van der Waals surface area (Å²) in [5.41, 5.74) is 4.16. The molecule has 5 heterocycles. The highest BCUT2D eigenvalue weighted by Crippen LogP contribution is 2.31. The highest BCUT2D eigenvalue weighted by Gasteiger charge is 2.15. The maximum Gasteiger partial charge on any atom is 0.133 e. The number of aromatic nitrogens is 5. The van der Waals surface area contributed by atoms with E-state index < -0.39 is 0 Å². The highest BCUT2D eigenvalue weighted by atomic mass is 32.1. The number of rotatable bonds is 7. The van der Waals surface area contributed by atoms with Crippen molar-refractivity contribution in [3.8, 4) is 10.6 Å². The molecule has 1 aliphatic rings. The summed E-state index contributed by atoms with van der Waals surface area (Å²) in [7, 11) is 0. The lowest BCUT2D eigenvalue weighted by Gasteiger charge is -2.16. The number of likely N-dealkylation sites (tertiary alicyclic amines) is 1. The molecule has 0 atom stereocenters. The Hall–Kier alpha value is -2.88. The van der Waals surface area contributed by atoms with Crippen molar-refractivity contribution in [3.63, 3.8) is 0 Å². The van der Waals surface area contributed by atoms with Crippen LogP contribution in [0.5, 0.6) is 0 Å². The molecule has 0 bridgehead atoms. The summed E-state index contributed by atoms with van der Waals surface area (Å²) in [4.78, 5) is 16.6. The highest BCUT2D eigenvalue weighted by molar-refractivity contribution is 7.21. The van der Waals surface area contributed by atoms with Crippen LogP contribution in [0.25, 0.3) is 20.8 Å². The zero-order valence-electron chi connectivity index (χ0n) is 17.5. The maximum absolute atomic E-state index is 9.07. The van der Waals surface area contributed by atoms with Gasteiger partial charge < -0.3 is 10.4 Å². The molecule has 0 saturated carbocycles. The second-order valence-electron chi connectivity index (χ2n) is 7.84. The Morgan fingerprint density at radius 1 is 1.13 bits per heavy atom. The van der Waals surface area contributed by atoms with Gasteiger partial charge in [-0.1, -0.05) is 6.07 Å². The molecular weight excluding hydrogens is 410 g/mol. The average Bonchev–Trinajstić information content (AvgIpc) is 3.51. The molecule has 160 valence electrons. The van der Waals surface area contributed by atoms with Gasteiger partial charge in [0.05, 0.1) is 35.3 Å². The Bertz CT molecular complexity index is 1200. The zero-order valence-corrected chi connectivity index (χ0v) is 18.3. The van der Waals surface area contributed by atoms with E-state index in [2.05, 4.69) is 33.3 Å². The van der Waals surface area contributed by atoms with E-state index in [4.69, 9.17) is 15.1 Å². The van der Waals surface area contributed by atoms with E-state index in [1.165, 1.54) is 18.4 Å². The predicted octanol–water partition coefficient (Wildman–Crippen LogP) is 3.59. The van der Waals surface area contributed by atoms with Crippen molar-refractivity contribution in [1.82, 2.24) is 29.6 Å². The van der Waals surface area contributed by atoms with Gasteiger partial charge in [-0.2, -0.15) is 5.10 Å². The van der Waals surface area contributed by atoms with Crippen LogP contribution in [0.2, 0.25) is 0 Å². The molecular formula is C22H25N7OS. The Labute approximate surface area is 184 Å². The number of pyridine rings is 2. The molecule has 9 heteroatoms. The Morgan fingerprint density at radius 2 is 2.00 bits per heavy atom. The number of aliphatic hydroxyl groups is 1. The smallest absolute Gasteiger partial charge is 0.133 e. The summed E-state index contributed by atoms with van der Waals surface area (Å²) >= 11 is 1.58. The first-order chi connectivity index (χ1) is 15.2. The number of anilines is 2. The van der Waals surface area contributed by atoms with E-state index >= 15 is 0 Å². The fourth-order valence-electron chi connectivity index (χ4n) is 3.81. The predicted molar refractivity (Wildman–Crippen MR) is 122 cm³/mol. The third-order valence-corrected chi connectivity index (χ3v) is 6.57. The van der Waals surface area contributed by atoms with Gasteiger partial charge in [-0.25, -0.2) is 15.0 Å². The topological polar surface area (TPSA) is 92.0 Å². The van der Waals surface area contributed by atoms with E-state index in [-0.39, 0.29) is 6.61 Å². The fraction of sp³-hybridized carbons (Fsp3) is 0.364. The molecule has 1 fully saturated rings. The van der Waals surface area contributed by atoms with E-state index in [0.29, 0.717) is 6.54 Å². The molecule has 31 heavy (non-hydrogen) atoms. The Balaban J connectivity index is 1.35. The third kappa shape index (κ3) is 4.43. The summed E-state index contributed by atoms with van der Waals surface area (Å²) in [6.07, 6.45) is 8.07. The molecule has 4 aromatic heterocycles. The summed E-state index contributed by atoms with van der Waals surface area (Å²) in [5, 5.41) is 17.6. The molecule has 0 spiro atoms. The minimum atomic E-state index is 0.0622. The minimum absolute atomic E-state index is 0.0622. The molecule has 5 rings (SSSR count). The number of aryl methyl sites for hydroxylation is 1. The lowest BCUT2D eigenvalue weighted by molar-refractivity contribution is 0.269. The van der Waals surface area contributed by atoms with Gasteiger partial charge in [0.1, 0.15) is 16.6 Å². The van der Waals surface area contributed by atoms with Crippen LogP contribution in [-0.4, -0.2) is 54.4 Å². The lowest BCUT2D eigenvalue weighted by Crippen LogP contribution is -2.20. The summed E-state index contributed by atoms with van der Waals surface area (Å²) < 4.78 is 2.73. The van der Waals surface area contributed by atoms with Crippen molar-refractivity contribution in [3.05, 3.63) is 48.0 Å². The van der Waals surface area contributed by atoms with Crippen LogP contribution in [0.1, 0.15) is 24.1 Å². The van der Waals surface area contributed by atoms with Gasteiger partial charge in [0.25, 0.3) is 0 Å². The Morgan fingerprint density at radius 3 is 2.84 bits per heavy atom. The first kappa shape index (κ1) is 20.0. The number of hydrogen-bond donors (Lipinski definition) is 2. The van der Waals surface area contributed by atoms with Crippen LogP contribution in [0, 0.1) is 6.92 Å². The van der Waals surface area contributed by atoms with Gasteiger partial charge >= 0.3 is 0 Å². The second kappa shape index (κ2) is 8.70. The third-order valence-electron chi connectivity index (χ3n) is 5.51. The first-order valence-corrected chi connectivity index (χ1v) is 11.4. The number of hydrogen-bond acceptors (Lipinski definition) is 8. The van der Waals surface area contributed by atoms with Gasteiger partial charge in [0.15, 0.2) is 0 Å². The summed E-state index contributed by atoms with van der Waals surface area (Å²) in [6.45, 7) is 5.86. The van der Waals surface area contributed by atoms with Crippen molar-refractivity contribution in [1.29, 1.82) is 0 Å². The van der Waals surface area contributed by atoms with E-state index in [1.807, 2.05) is 24.5 Å². The molecule has 0 aliphatic carbocycles. The van der Waals surface area contributed by atoms with Gasteiger partial charge in [0, 0.05) is 30.6 Å². The summed E-state index contributed by atoms with van der Waals surface area (Å²) in [5.74, 6) is 1.52. The molecule has 0 amide bonds. The molecule has 8 nitrogen and oxygen atoms in total. The maximum atomic E-state index is 9.07. The van der Waals surface area contributed by atoms with Gasteiger partial charge in [-0.05, 0) is 44.5 Å². The number of nitrogens with one attached hydrogen (secondary N) is 1. The van der Waals surface area contributed by atoms with Crippen LogP contribution >= 0.6 is 11.3 Å². The van der Waals surface area contributed by atoms with Gasteiger partial charge in [0.2, 0.25) is 0 Å². The normalized spacial score (nSPS) is 14.5.